The molecular weight excluding hydrogens is 191 g/mol. The fourth-order valence-electron chi connectivity index (χ4n) is 1.01. The maximum Gasteiger partial charge on any atom is 0.178 e. The Morgan fingerprint density at radius 1 is 1.54 bits per heavy atom. The Morgan fingerprint density at radius 2 is 2.23 bits per heavy atom. The van der Waals surface area contributed by atoms with Gasteiger partial charge in [0.05, 0.1) is 13.7 Å². The third-order valence-electron chi connectivity index (χ3n) is 1.69. The number of hydrogen-bond donors (Lipinski definition) is 1. The highest BCUT2D eigenvalue weighted by molar-refractivity contribution is 7.98. The highest BCUT2D eigenvalue weighted by Gasteiger charge is 2.09. The second-order valence-corrected chi connectivity index (χ2v) is 3.32. The molecule has 0 heterocycles. The first-order chi connectivity index (χ1) is 6.22. The van der Waals surface area contributed by atoms with Crippen LogP contribution in [0.3, 0.4) is 0 Å². The van der Waals surface area contributed by atoms with Crippen LogP contribution in [0.25, 0.3) is 0 Å². The second-order valence-electron chi connectivity index (χ2n) is 2.47. The smallest absolute Gasteiger partial charge is 0.178 e. The van der Waals surface area contributed by atoms with Crippen LogP contribution in [0.2, 0.25) is 0 Å². The van der Waals surface area contributed by atoms with Crippen LogP contribution in [0, 0.1) is 5.82 Å². The zero-order valence-electron chi connectivity index (χ0n) is 7.50. The maximum atomic E-state index is 13.4. The highest BCUT2D eigenvalue weighted by atomic mass is 32.2. The summed E-state index contributed by atoms with van der Waals surface area (Å²) in [6.45, 7) is -0.107. The molecule has 0 unspecified atom stereocenters. The lowest BCUT2D eigenvalue weighted by atomic mass is 10.2. The molecule has 0 fully saturated rings. The Balaban J connectivity index is 3.20. The van der Waals surface area contributed by atoms with Gasteiger partial charge in [-0.3, -0.25) is 0 Å². The Morgan fingerprint density at radius 3 is 2.69 bits per heavy atom. The van der Waals surface area contributed by atoms with Gasteiger partial charge in [-0.05, 0) is 24.0 Å². The molecule has 1 N–H and O–H groups in total. The van der Waals surface area contributed by atoms with Crippen molar-refractivity contribution in [2.24, 2.45) is 0 Å². The van der Waals surface area contributed by atoms with Crippen molar-refractivity contribution in [1.29, 1.82) is 0 Å². The van der Waals surface area contributed by atoms with Gasteiger partial charge in [-0.2, -0.15) is 0 Å². The van der Waals surface area contributed by atoms with Gasteiger partial charge in [0.25, 0.3) is 0 Å². The largest absolute Gasteiger partial charge is 0.494 e. The van der Waals surface area contributed by atoms with E-state index in [0.717, 1.165) is 0 Å². The quantitative estimate of drug-likeness (QED) is 0.761. The molecule has 0 aliphatic heterocycles. The zero-order valence-corrected chi connectivity index (χ0v) is 8.32. The molecule has 1 aromatic rings. The van der Waals surface area contributed by atoms with Gasteiger partial charge in [0.15, 0.2) is 11.6 Å². The highest BCUT2D eigenvalue weighted by Crippen LogP contribution is 2.28. The van der Waals surface area contributed by atoms with E-state index in [1.54, 1.807) is 12.3 Å². The lowest BCUT2D eigenvalue weighted by Crippen LogP contribution is -1.93. The summed E-state index contributed by atoms with van der Waals surface area (Å²) in [5, 5.41) is 8.88. The first-order valence-corrected chi connectivity index (χ1v) is 4.96. The number of ether oxygens (including phenoxy) is 1. The lowest BCUT2D eigenvalue weighted by molar-refractivity contribution is 0.280. The van der Waals surface area contributed by atoms with Crippen LogP contribution in [-0.4, -0.2) is 18.5 Å². The number of thioether (sulfide) groups is 1. The molecule has 0 aromatic heterocycles. The number of aliphatic hydroxyl groups is 1. The molecule has 2 nitrogen and oxygen atoms in total. The standard InChI is InChI=1S/C9H11FO2S/c1-12-7-3-6(5-11)4-8(13-2)9(7)10/h3-4,11H,5H2,1-2H3. The summed E-state index contributed by atoms with van der Waals surface area (Å²) in [6, 6.07) is 3.11. The molecule has 0 bridgehead atoms. The van der Waals surface area contributed by atoms with Gasteiger partial charge >= 0.3 is 0 Å². The molecule has 0 spiro atoms. The number of halogens is 1. The molecule has 4 heteroatoms. The van der Waals surface area contributed by atoms with E-state index >= 15 is 0 Å². The van der Waals surface area contributed by atoms with Crippen LogP contribution >= 0.6 is 11.8 Å². The molecule has 72 valence electrons. The van der Waals surface area contributed by atoms with Gasteiger partial charge in [0, 0.05) is 4.90 Å². The third kappa shape index (κ3) is 2.14. The first-order valence-electron chi connectivity index (χ1n) is 3.74. The Hall–Kier alpha value is -0.740. The minimum atomic E-state index is -0.368. The third-order valence-corrected chi connectivity index (χ3v) is 2.42. The van der Waals surface area contributed by atoms with Crippen LogP contribution < -0.4 is 4.74 Å². The molecule has 0 radical (unpaired) electrons. The molecule has 0 aliphatic rings. The van der Waals surface area contributed by atoms with Crippen LogP contribution in [0.4, 0.5) is 4.39 Å². The summed E-state index contributed by atoms with van der Waals surface area (Å²) in [5.41, 5.74) is 0.655. The van der Waals surface area contributed by atoms with E-state index < -0.39 is 0 Å². The fourth-order valence-corrected chi connectivity index (χ4v) is 1.56. The number of rotatable bonds is 3. The number of aliphatic hydroxyl groups excluding tert-OH is 1. The van der Waals surface area contributed by atoms with Crippen molar-refractivity contribution in [3.63, 3.8) is 0 Å². The topological polar surface area (TPSA) is 29.5 Å². The lowest BCUT2D eigenvalue weighted by Gasteiger charge is -2.07. The molecule has 1 rings (SSSR count). The average Bonchev–Trinajstić information content (AvgIpc) is 2.18. The van der Waals surface area contributed by atoms with Crippen molar-refractivity contribution < 1.29 is 14.2 Å². The molecule has 0 atom stereocenters. The van der Waals surface area contributed by atoms with E-state index in [4.69, 9.17) is 9.84 Å². The first kappa shape index (κ1) is 10.3. The van der Waals surface area contributed by atoms with Crippen LogP contribution in [-0.2, 0) is 6.61 Å². The van der Waals surface area contributed by atoms with E-state index in [0.29, 0.717) is 10.5 Å². The fraction of sp³-hybridized carbons (Fsp3) is 0.333. The molecule has 0 saturated carbocycles. The predicted octanol–water partition coefficient (Wildman–Crippen LogP) is 2.05. The van der Waals surface area contributed by atoms with Gasteiger partial charge < -0.3 is 9.84 Å². The number of methoxy groups -OCH3 is 1. The van der Waals surface area contributed by atoms with Crippen molar-refractivity contribution in [1.82, 2.24) is 0 Å². The van der Waals surface area contributed by atoms with Crippen molar-refractivity contribution >= 4 is 11.8 Å². The second kappa shape index (κ2) is 4.48. The van der Waals surface area contributed by atoms with E-state index in [9.17, 15) is 4.39 Å². The minimum Gasteiger partial charge on any atom is -0.494 e. The monoisotopic (exact) mass is 202 g/mol. The van der Waals surface area contributed by atoms with Crippen molar-refractivity contribution in [3.8, 4) is 5.75 Å². The molecule has 0 saturated heterocycles. The molecule has 0 aliphatic carbocycles. The normalized spacial score (nSPS) is 10.2. The average molecular weight is 202 g/mol. The van der Waals surface area contributed by atoms with Crippen LogP contribution in [0.5, 0.6) is 5.75 Å². The molecule has 1 aromatic carbocycles. The summed E-state index contributed by atoms with van der Waals surface area (Å²) in [5.74, 6) is -0.192. The SMILES string of the molecule is COc1cc(CO)cc(SC)c1F. The van der Waals surface area contributed by atoms with Gasteiger partial charge in [-0.15, -0.1) is 11.8 Å². The predicted molar refractivity (Wildman–Crippen MR) is 50.7 cm³/mol. The summed E-state index contributed by atoms with van der Waals surface area (Å²) in [4.78, 5) is 0.489. The number of hydrogen-bond acceptors (Lipinski definition) is 3. The van der Waals surface area contributed by atoms with Gasteiger partial charge in [-0.1, -0.05) is 0 Å². The van der Waals surface area contributed by atoms with E-state index in [1.165, 1.54) is 24.9 Å². The van der Waals surface area contributed by atoms with Crippen molar-refractivity contribution in [2.75, 3.05) is 13.4 Å². The van der Waals surface area contributed by atoms with E-state index in [-0.39, 0.29) is 18.2 Å². The Labute approximate surface area is 80.7 Å². The maximum absolute atomic E-state index is 13.4. The molecule has 0 amide bonds. The number of benzene rings is 1. The summed E-state index contributed by atoms with van der Waals surface area (Å²) < 4.78 is 18.2. The molecule has 13 heavy (non-hydrogen) atoms. The van der Waals surface area contributed by atoms with E-state index in [1.807, 2.05) is 0 Å². The summed E-state index contributed by atoms with van der Waals surface area (Å²) >= 11 is 1.29. The summed E-state index contributed by atoms with van der Waals surface area (Å²) in [6.07, 6.45) is 1.78. The van der Waals surface area contributed by atoms with Gasteiger partial charge in [0.2, 0.25) is 0 Å². The van der Waals surface area contributed by atoms with Crippen LogP contribution in [0.1, 0.15) is 5.56 Å². The summed E-state index contributed by atoms with van der Waals surface area (Å²) in [7, 11) is 1.41. The Kier molecular flexibility index (Phi) is 3.57. The van der Waals surface area contributed by atoms with Gasteiger partial charge in [-0.25, -0.2) is 4.39 Å². The minimum absolute atomic E-state index is 0.107. The van der Waals surface area contributed by atoms with Crippen molar-refractivity contribution in [3.05, 3.63) is 23.5 Å². The molecular formula is C9H11FO2S. The van der Waals surface area contributed by atoms with Gasteiger partial charge in [0.1, 0.15) is 0 Å². The zero-order chi connectivity index (χ0) is 9.84. The van der Waals surface area contributed by atoms with Crippen LogP contribution in [0.15, 0.2) is 17.0 Å². The van der Waals surface area contributed by atoms with E-state index in [2.05, 4.69) is 0 Å². The Bertz CT molecular complexity index is 277. The van der Waals surface area contributed by atoms with Crippen molar-refractivity contribution in [2.45, 2.75) is 11.5 Å².